The topological polar surface area (TPSA) is 37.3 Å². The highest BCUT2D eigenvalue weighted by Crippen LogP contribution is 2.45. The Bertz CT molecular complexity index is 270. The molecule has 0 heterocycles. The first kappa shape index (κ1) is 13.3. The molecule has 0 aromatic carbocycles. The predicted octanol–water partition coefficient (Wildman–Crippen LogP) is 3.87. The molecule has 1 N–H and O–H groups in total. The molecule has 0 aromatic heterocycles. The minimum absolute atomic E-state index is 0.517. The van der Waals surface area contributed by atoms with Gasteiger partial charge in [0.2, 0.25) is 0 Å². The summed E-state index contributed by atoms with van der Waals surface area (Å²) in [6.45, 7) is 10.3. The van der Waals surface area contributed by atoms with E-state index in [4.69, 9.17) is 0 Å². The molecule has 0 bridgehead atoms. The van der Waals surface area contributed by atoms with Gasteiger partial charge in [-0.1, -0.05) is 19.4 Å². The highest BCUT2D eigenvalue weighted by Gasteiger charge is 2.42. The van der Waals surface area contributed by atoms with Crippen molar-refractivity contribution in [1.82, 2.24) is 0 Å². The lowest BCUT2D eigenvalue weighted by Gasteiger charge is -2.38. The van der Waals surface area contributed by atoms with Crippen LogP contribution >= 0.6 is 0 Å². The maximum atomic E-state index is 11.4. The van der Waals surface area contributed by atoms with E-state index in [1.54, 1.807) is 0 Å². The lowest BCUT2D eigenvalue weighted by Crippen LogP contribution is -2.36. The molecule has 0 amide bonds. The van der Waals surface area contributed by atoms with Crippen molar-refractivity contribution in [3.05, 3.63) is 12.2 Å². The first-order valence-corrected chi connectivity index (χ1v) is 6.25. The third kappa shape index (κ3) is 2.87. The van der Waals surface area contributed by atoms with Gasteiger partial charge in [-0.05, 0) is 50.9 Å². The summed E-state index contributed by atoms with van der Waals surface area (Å²) in [5.41, 5.74) is 0.474. The molecule has 0 radical (unpaired) electrons. The fourth-order valence-electron chi connectivity index (χ4n) is 2.90. The molecule has 1 rings (SSSR count). The molecule has 1 saturated carbocycles. The molecule has 2 heteroatoms. The lowest BCUT2D eigenvalue weighted by molar-refractivity contribution is -0.151. The van der Waals surface area contributed by atoms with Gasteiger partial charge < -0.3 is 5.11 Å². The molecule has 1 aliphatic rings. The number of carbonyl (C=O) groups is 1. The Balaban J connectivity index is 2.70. The van der Waals surface area contributed by atoms with Gasteiger partial charge in [-0.2, -0.15) is 0 Å². The van der Waals surface area contributed by atoms with E-state index in [-0.39, 0.29) is 0 Å². The Morgan fingerprint density at radius 1 is 1.44 bits per heavy atom. The van der Waals surface area contributed by atoms with Crippen LogP contribution in [0.3, 0.4) is 0 Å². The van der Waals surface area contributed by atoms with Crippen molar-refractivity contribution in [1.29, 1.82) is 0 Å². The molecule has 2 nitrogen and oxygen atoms in total. The molecule has 0 atom stereocenters. The highest BCUT2D eigenvalue weighted by atomic mass is 16.4. The number of carboxylic acid groups (broad SMARTS) is 1. The van der Waals surface area contributed by atoms with Gasteiger partial charge in [0, 0.05) is 0 Å². The number of hydrogen-bond donors (Lipinski definition) is 1. The van der Waals surface area contributed by atoms with Crippen molar-refractivity contribution in [2.75, 3.05) is 0 Å². The second kappa shape index (κ2) is 5.03. The first-order valence-electron chi connectivity index (χ1n) is 6.25. The molecular formula is C14H24O2. The van der Waals surface area contributed by atoms with Gasteiger partial charge >= 0.3 is 5.97 Å². The summed E-state index contributed by atoms with van der Waals surface area (Å²) in [5, 5.41) is 9.42. The van der Waals surface area contributed by atoms with Crippen molar-refractivity contribution in [3.63, 3.8) is 0 Å². The third-order valence-corrected chi connectivity index (χ3v) is 4.02. The highest BCUT2D eigenvalue weighted by molar-refractivity contribution is 5.75. The number of aliphatic carboxylic acids is 1. The van der Waals surface area contributed by atoms with E-state index in [2.05, 4.69) is 20.4 Å². The number of rotatable bonds is 4. The average molecular weight is 224 g/mol. The molecule has 1 aliphatic carbocycles. The van der Waals surface area contributed by atoms with E-state index in [0.29, 0.717) is 18.3 Å². The fourth-order valence-corrected chi connectivity index (χ4v) is 2.90. The van der Waals surface area contributed by atoms with Crippen molar-refractivity contribution in [2.24, 2.45) is 17.3 Å². The second-order valence-electron chi connectivity index (χ2n) is 5.80. The molecule has 92 valence electrons. The number of allylic oxidation sites excluding steroid dienone is 1. The van der Waals surface area contributed by atoms with Crippen LogP contribution in [0.15, 0.2) is 12.2 Å². The summed E-state index contributed by atoms with van der Waals surface area (Å²) in [5.74, 6) is 0.756. The molecule has 0 unspecified atom stereocenters. The van der Waals surface area contributed by atoms with Gasteiger partial charge in [-0.3, -0.25) is 4.79 Å². The molecule has 1 fully saturated rings. The Morgan fingerprint density at radius 3 is 2.25 bits per heavy atom. The Hall–Kier alpha value is -0.790. The van der Waals surface area contributed by atoms with Gasteiger partial charge in [0.05, 0.1) is 5.41 Å². The number of hydrogen-bond acceptors (Lipinski definition) is 1. The zero-order valence-corrected chi connectivity index (χ0v) is 10.8. The predicted molar refractivity (Wildman–Crippen MR) is 66.3 cm³/mol. The SMILES string of the molecule is C=C(C)CC1(C(=O)O)CCC(C(C)C)CC1. The first-order chi connectivity index (χ1) is 7.37. The zero-order chi connectivity index (χ0) is 12.3. The van der Waals surface area contributed by atoms with Crippen LogP contribution in [0.25, 0.3) is 0 Å². The van der Waals surface area contributed by atoms with Gasteiger partial charge in [0.25, 0.3) is 0 Å². The summed E-state index contributed by atoms with van der Waals surface area (Å²) < 4.78 is 0. The van der Waals surface area contributed by atoms with Crippen molar-refractivity contribution < 1.29 is 9.90 Å². The Morgan fingerprint density at radius 2 is 1.94 bits per heavy atom. The third-order valence-electron chi connectivity index (χ3n) is 4.02. The van der Waals surface area contributed by atoms with Gasteiger partial charge in [-0.15, -0.1) is 6.58 Å². The lowest BCUT2D eigenvalue weighted by atomic mass is 9.65. The monoisotopic (exact) mass is 224 g/mol. The van der Waals surface area contributed by atoms with Crippen LogP contribution in [-0.2, 0) is 4.79 Å². The van der Waals surface area contributed by atoms with Gasteiger partial charge in [0.1, 0.15) is 0 Å². The van der Waals surface area contributed by atoms with Crippen molar-refractivity contribution in [3.8, 4) is 0 Å². The normalized spacial score (nSPS) is 30.4. The minimum atomic E-state index is -0.627. The summed E-state index contributed by atoms with van der Waals surface area (Å²) in [7, 11) is 0. The second-order valence-corrected chi connectivity index (χ2v) is 5.80. The maximum Gasteiger partial charge on any atom is 0.309 e. The van der Waals surface area contributed by atoms with E-state index in [9.17, 15) is 9.90 Å². The van der Waals surface area contributed by atoms with E-state index in [1.165, 1.54) is 0 Å². The largest absolute Gasteiger partial charge is 0.481 e. The van der Waals surface area contributed by atoms with Crippen LogP contribution < -0.4 is 0 Å². The van der Waals surface area contributed by atoms with Crippen molar-refractivity contribution in [2.45, 2.75) is 52.9 Å². The van der Waals surface area contributed by atoms with Crippen LogP contribution in [0.1, 0.15) is 52.9 Å². The van der Waals surface area contributed by atoms with E-state index >= 15 is 0 Å². The standard InChI is InChI=1S/C14H24O2/c1-10(2)9-14(13(15)16)7-5-12(6-8-14)11(3)4/h11-12H,1,5-9H2,2-4H3,(H,15,16). The molecule has 0 spiro atoms. The summed E-state index contributed by atoms with van der Waals surface area (Å²) in [6, 6.07) is 0. The quantitative estimate of drug-likeness (QED) is 0.736. The molecule has 0 aromatic rings. The van der Waals surface area contributed by atoms with E-state index in [0.717, 1.165) is 31.3 Å². The van der Waals surface area contributed by atoms with Crippen LogP contribution in [-0.4, -0.2) is 11.1 Å². The van der Waals surface area contributed by atoms with Crippen LogP contribution in [0, 0.1) is 17.3 Å². The summed E-state index contributed by atoms with van der Waals surface area (Å²) in [4.78, 5) is 11.4. The van der Waals surface area contributed by atoms with Crippen LogP contribution in [0.5, 0.6) is 0 Å². The minimum Gasteiger partial charge on any atom is -0.481 e. The molecule has 0 aliphatic heterocycles. The van der Waals surface area contributed by atoms with E-state index < -0.39 is 11.4 Å². The Kier molecular flexibility index (Phi) is 4.17. The average Bonchev–Trinajstić information content (AvgIpc) is 2.17. The maximum absolute atomic E-state index is 11.4. The van der Waals surface area contributed by atoms with Crippen molar-refractivity contribution >= 4 is 5.97 Å². The Labute approximate surface area is 98.7 Å². The van der Waals surface area contributed by atoms with E-state index in [1.807, 2.05) is 6.92 Å². The smallest absolute Gasteiger partial charge is 0.309 e. The fraction of sp³-hybridized carbons (Fsp3) is 0.786. The number of carboxylic acids is 1. The van der Waals surface area contributed by atoms with Gasteiger partial charge in [0.15, 0.2) is 0 Å². The zero-order valence-electron chi connectivity index (χ0n) is 10.8. The summed E-state index contributed by atoms with van der Waals surface area (Å²) >= 11 is 0. The van der Waals surface area contributed by atoms with Crippen LogP contribution in [0.4, 0.5) is 0 Å². The van der Waals surface area contributed by atoms with Gasteiger partial charge in [-0.25, -0.2) is 0 Å². The van der Waals surface area contributed by atoms with Crippen LogP contribution in [0.2, 0.25) is 0 Å². The molecule has 16 heavy (non-hydrogen) atoms. The summed E-state index contributed by atoms with van der Waals surface area (Å²) in [6.07, 6.45) is 4.39. The molecule has 0 saturated heterocycles. The molecular weight excluding hydrogens is 200 g/mol.